The van der Waals surface area contributed by atoms with Crippen molar-refractivity contribution in [3.8, 4) is 17.3 Å². The number of carbonyl (C=O) groups excluding carboxylic acids is 2. The summed E-state index contributed by atoms with van der Waals surface area (Å²) in [6.45, 7) is 2.00. The molecule has 0 aliphatic carbocycles. The minimum absolute atomic E-state index is 0.101. The number of anilines is 1. The molecule has 1 fully saturated rings. The number of amides is 2. The van der Waals surface area contributed by atoms with Gasteiger partial charge in [0.15, 0.2) is 0 Å². The van der Waals surface area contributed by atoms with Crippen molar-refractivity contribution in [1.29, 1.82) is 5.26 Å². The van der Waals surface area contributed by atoms with Crippen molar-refractivity contribution < 1.29 is 14.1 Å². The standard InChI is InChI=1S/C22H18N4O3S/c1-14-2-6-16(7-3-14)18-10-20(29-25-18)22(28)26-13-30-12-19(26)21(27)24-17-8-4-15(11-23)5-9-17/h2-10,19H,12-13H2,1H3,(H,24,27). The number of carbonyl (C=O) groups is 2. The van der Waals surface area contributed by atoms with E-state index in [9.17, 15) is 9.59 Å². The summed E-state index contributed by atoms with van der Waals surface area (Å²) in [5, 5.41) is 15.7. The molecule has 1 saturated heterocycles. The molecule has 2 heterocycles. The van der Waals surface area contributed by atoms with Gasteiger partial charge in [0.2, 0.25) is 11.7 Å². The van der Waals surface area contributed by atoms with Crippen LogP contribution in [0.5, 0.6) is 0 Å². The molecule has 1 N–H and O–H groups in total. The summed E-state index contributed by atoms with van der Waals surface area (Å²) in [7, 11) is 0. The van der Waals surface area contributed by atoms with E-state index in [0.29, 0.717) is 28.6 Å². The normalized spacial score (nSPS) is 15.6. The summed E-state index contributed by atoms with van der Waals surface area (Å²) in [4.78, 5) is 27.2. The Morgan fingerprint density at radius 3 is 2.63 bits per heavy atom. The summed E-state index contributed by atoms with van der Waals surface area (Å²) < 4.78 is 5.28. The Bertz CT molecular complexity index is 1120. The molecule has 30 heavy (non-hydrogen) atoms. The maximum Gasteiger partial charge on any atom is 0.293 e. The second-order valence-electron chi connectivity index (χ2n) is 6.91. The minimum Gasteiger partial charge on any atom is -0.350 e. The highest BCUT2D eigenvalue weighted by Crippen LogP contribution is 2.26. The molecule has 2 aromatic carbocycles. The second-order valence-corrected chi connectivity index (χ2v) is 7.91. The third-order valence-corrected chi connectivity index (χ3v) is 5.81. The van der Waals surface area contributed by atoms with Gasteiger partial charge in [-0.2, -0.15) is 5.26 Å². The van der Waals surface area contributed by atoms with E-state index in [0.717, 1.165) is 11.1 Å². The van der Waals surface area contributed by atoms with Crippen molar-refractivity contribution >= 4 is 29.3 Å². The quantitative estimate of drug-likeness (QED) is 0.694. The number of nitrogens with zero attached hydrogens (tertiary/aromatic N) is 3. The number of hydrogen-bond donors (Lipinski definition) is 1. The Hall–Kier alpha value is -3.57. The lowest BCUT2D eigenvalue weighted by atomic mass is 10.1. The Morgan fingerprint density at radius 2 is 1.93 bits per heavy atom. The number of nitrogens with one attached hydrogen (secondary N) is 1. The van der Waals surface area contributed by atoms with Crippen molar-refractivity contribution in [2.45, 2.75) is 13.0 Å². The Balaban J connectivity index is 1.47. The average Bonchev–Trinajstić information content (AvgIpc) is 3.44. The molecule has 0 radical (unpaired) electrons. The van der Waals surface area contributed by atoms with Crippen molar-refractivity contribution in [2.24, 2.45) is 0 Å². The van der Waals surface area contributed by atoms with Crippen LogP contribution in [0.2, 0.25) is 0 Å². The van der Waals surface area contributed by atoms with Crippen molar-refractivity contribution in [1.82, 2.24) is 10.1 Å². The van der Waals surface area contributed by atoms with Crippen molar-refractivity contribution in [3.05, 3.63) is 71.5 Å². The molecule has 150 valence electrons. The zero-order valence-electron chi connectivity index (χ0n) is 16.2. The van der Waals surface area contributed by atoms with E-state index in [2.05, 4.69) is 10.5 Å². The average molecular weight is 418 g/mol. The van der Waals surface area contributed by atoms with Gasteiger partial charge in [-0.3, -0.25) is 9.59 Å². The van der Waals surface area contributed by atoms with E-state index < -0.39 is 6.04 Å². The highest BCUT2D eigenvalue weighted by atomic mass is 32.2. The van der Waals surface area contributed by atoms with Gasteiger partial charge < -0.3 is 14.7 Å². The zero-order valence-corrected chi connectivity index (χ0v) is 17.0. The highest BCUT2D eigenvalue weighted by Gasteiger charge is 2.36. The van der Waals surface area contributed by atoms with Gasteiger partial charge in [-0.05, 0) is 31.2 Å². The number of rotatable bonds is 4. The summed E-state index contributed by atoms with van der Waals surface area (Å²) in [5.41, 5.74) is 3.64. The largest absolute Gasteiger partial charge is 0.350 e. The van der Waals surface area contributed by atoms with E-state index in [4.69, 9.17) is 9.78 Å². The molecule has 1 aliphatic rings. The van der Waals surface area contributed by atoms with Crippen LogP contribution in [0.3, 0.4) is 0 Å². The molecule has 3 aromatic rings. The first-order valence-electron chi connectivity index (χ1n) is 9.28. The summed E-state index contributed by atoms with van der Waals surface area (Å²) >= 11 is 1.50. The maximum atomic E-state index is 13.0. The molecule has 1 aliphatic heterocycles. The third-order valence-electron chi connectivity index (χ3n) is 4.80. The van der Waals surface area contributed by atoms with Gasteiger partial charge in [0, 0.05) is 23.1 Å². The Kier molecular flexibility index (Phi) is 5.55. The molecule has 1 atom stereocenters. The van der Waals surface area contributed by atoms with Crippen LogP contribution in [0.4, 0.5) is 5.69 Å². The fourth-order valence-corrected chi connectivity index (χ4v) is 4.25. The Morgan fingerprint density at radius 1 is 1.20 bits per heavy atom. The van der Waals surface area contributed by atoms with Crippen LogP contribution in [0.25, 0.3) is 11.3 Å². The van der Waals surface area contributed by atoms with E-state index in [1.54, 1.807) is 30.3 Å². The molecule has 2 amide bonds. The van der Waals surface area contributed by atoms with Gasteiger partial charge in [0.1, 0.15) is 11.7 Å². The fraction of sp³-hybridized carbons (Fsp3) is 0.182. The van der Waals surface area contributed by atoms with Crippen molar-refractivity contribution in [2.75, 3.05) is 16.9 Å². The molecule has 7 nitrogen and oxygen atoms in total. The van der Waals surface area contributed by atoms with Crippen LogP contribution in [0.15, 0.2) is 59.1 Å². The number of benzene rings is 2. The number of thioether (sulfide) groups is 1. The van der Waals surface area contributed by atoms with Crippen LogP contribution >= 0.6 is 11.8 Å². The predicted molar refractivity (Wildman–Crippen MR) is 114 cm³/mol. The van der Waals surface area contributed by atoms with E-state index >= 15 is 0 Å². The first-order valence-corrected chi connectivity index (χ1v) is 10.4. The Labute approximate surface area is 177 Å². The lowest BCUT2D eigenvalue weighted by molar-refractivity contribution is -0.119. The molecule has 0 saturated carbocycles. The van der Waals surface area contributed by atoms with E-state index in [-0.39, 0.29) is 17.6 Å². The number of aryl methyl sites for hydroxylation is 1. The van der Waals surface area contributed by atoms with Crippen LogP contribution in [0, 0.1) is 18.3 Å². The van der Waals surface area contributed by atoms with E-state index in [1.807, 2.05) is 37.3 Å². The molecular formula is C22H18N4O3S. The number of nitriles is 1. The first-order chi connectivity index (χ1) is 14.5. The molecule has 1 unspecified atom stereocenters. The third kappa shape index (κ3) is 4.07. The maximum absolute atomic E-state index is 13.0. The molecular weight excluding hydrogens is 400 g/mol. The fourth-order valence-electron chi connectivity index (χ4n) is 3.09. The van der Waals surface area contributed by atoms with Crippen LogP contribution in [-0.2, 0) is 4.79 Å². The van der Waals surface area contributed by atoms with Gasteiger partial charge in [0.05, 0.1) is 17.5 Å². The summed E-state index contributed by atoms with van der Waals surface area (Å²) in [6.07, 6.45) is 0. The lowest BCUT2D eigenvalue weighted by Gasteiger charge is -2.21. The number of hydrogen-bond acceptors (Lipinski definition) is 6. The number of aromatic nitrogens is 1. The first kappa shape index (κ1) is 19.7. The monoisotopic (exact) mass is 418 g/mol. The molecule has 0 spiro atoms. The SMILES string of the molecule is Cc1ccc(-c2cc(C(=O)N3CSCC3C(=O)Nc3ccc(C#N)cc3)on2)cc1. The van der Waals surface area contributed by atoms with Crippen molar-refractivity contribution in [3.63, 3.8) is 0 Å². The molecule has 8 heteroatoms. The summed E-state index contributed by atoms with van der Waals surface area (Å²) in [5.74, 6) is 0.337. The molecule has 1 aromatic heterocycles. The molecule has 0 bridgehead atoms. The zero-order chi connectivity index (χ0) is 21.1. The van der Waals surface area contributed by atoms with Gasteiger partial charge in [-0.15, -0.1) is 11.8 Å². The smallest absolute Gasteiger partial charge is 0.293 e. The van der Waals surface area contributed by atoms with Gasteiger partial charge >= 0.3 is 0 Å². The minimum atomic E-state index is -0.619. The summed E-state index contributed by atoms with van der Waals surface area (Å²) in [6, 6.07) is 17.4. The van der Waals surface area contributed by atoms with Gasteiger partial charge in [-0.25, -0.2) is 0 Å². The van der Waals surface area contributed by atoms with Gasteiger partial charge in [0.25, 0.3) is 5.91 Å². The predicted octanol–water partition coefficient (Wildman–Crippen LogP) is 3.68. The van der Waals surface area contributed by atoms with Crippen LogP contribution < -0.4 is 5.32 Å². The van der Waals surface area contributed by atoms with Crippen LogP contribution in [0.1, 0.15) is 21.7 Å². The topological polar surface area (TPSA) is 99.2 Å². The molecule has 4 rings (SSSR count). The lowest BCUT2D eigenvalue weighted by Crippen LogP contribution is -2.44. The second kappa shape index (κ2) is 8.43. The van der Waals surface area contributed by atoms with Crippen LogP contribution in [-0.4, -0.2) is 39.5 Å². The highest BCUT2D eigenvalue weighted by molar-refractivity contribution is 7.99. The van der Waals surface area contributed by atoms with Gasteiger partial charge in [-0.1, -0.05) is 35.0 Å². The van der Waals surface area contributed by atoms with E-state index in [1.165, 1.54) is 16.7 Å².